The van der Waals surface area contributed by atoms with Crippen LogP contribution in [0.1, 0.15) is 0 Å². The molecule has 0 spiro atoms. The van der Waals surface area contributed by atoms with Gasteiger partial charge in [0.2, 0.25) is 0 Å². The fourth-order valence-corrected chi connectivity index (χ4v) is 1.30. The van der Waals surface area contributed by atoms with Gasteiger partial charge >= 0.3 is 17.1 Å². The van der Waals surface area contributed by atoms with Crippen molar-refractivity contribution in [2.24, 2.45) is 0 Å². The van der Waals surface area contributed by atoms with Gasteiger partial charge in [0, 0.05) is 24.8 Å². The summed E-state index contributed by atoms with van der Waals surface area (Å²) in [5, 5.41) is 27.6. The Kier molecular flexibility index (Phi) is 15.8. The van der Waals surface area contributed by atoms with Crippen molar-refractivity contribution in [2.75, 3.05) is 0 Å². The first-order chi connectivity index (χ1) is 10.9. The normalized spacial score (nSPS) is 8.00. The number of nitrogens with zero attached hydrogens (tertiary/aromatic N) is 12. The van der Waals surface area contributed by atoms with Crippen molar-refractivity contribution >= 4 is 0 Å². The summed E-state index contributed by atoms with van der Waals surface area (Å²) in [6.45, 7) is 0. The molecular weight excluding hydrogens is 412 g/mol. The molecular formula is C10H16CuN14O2. The van der Waals surface area contributed by atoms with Crippen molar-refractivity contribution in [1.82, 2.24) is 73.5 Å². The van der Waals surface area contributed by atoms with E-state index in [1.807, 2.05) is 0 Å². The van der Waals surface area contributed by atoms with E-state index in [1.54, 1.807) is 36.9 Å². The second kappa shape index (κ2) is 15.0. The van der Waals surface area contributed by atoms with Gasteiger partial charge in [-0.05, 0) is 12.1 Å². The molecule has 0 bridgehead atoms. The van der Waals surface area contributed by atoms with Crippen LogP contribution in [0.4, 0.5) is 0 Å². The number of tetrazole rings is 2. The molecule has 0 saturated carbocycles. The zero-order valence-electron chi connectivity index (χ0n) is 13.5. The van der Waals surface area contributed by atoms with Crippen LogP contribution in [0, 0.1) is 0 Å². The quantitative estimate of drug-likeness (QED) is 0.306. The first kappa shape index (κ1) is 28.5. The van der Waals surface area contributed by atoms with Gasteiger partial charge in [-0.3, -0.25) is 20.7 Å². The van der Waals surface area contributed by atoms with Crippen molar-refractivity contribution in [2.45, 2.75) is 0 Å². The Bertz CT molecular complexity index is 716. The predicted octanol–water partition coefficient (Wildman–Crippen LogP) is -2.76. The van der Waals surface area contributed by atoms with Crippen molar-refractivity contribution in [3.63, 3.8) is 0 Å². The first-order valence-corrected chi connectivity index (χ1v) is 5.85. The smallest absolute Gasteiger partial charge is 0.412 e. The molecule has 4 aromatic rings. The number of rotatable bonds is 2. The molecule has 0 aliphatic carbocycles. The molecule has 149 valence electrons. The molecule has 0 amide bonds. The monoisotopic (exact) mass is 427 g/mol. The SMILES string of the molecule is N.N.O.O.[Cu+2].c1cnc(-c2nn[n-]n2)nc1.c1cnc(-c2nnn[n-]2)nc1. The molecule has 0 atom stereocenters. The molecule has 4 heterocycles. The minimum Gasteiger partial charge on any atom is -0.412 e. The van der Waals surface area contributed by atoms with E-state index < -0.39 is 0 Å². The first-order valence-electron chi connectivity index (χ1n) is 5.85. The summed E-state index contributed by atoms with van der Waals surface area (Å²) in [7, 11) is 0. The molecule has 0 saturated heterocycles. The molecule has 1 radical (unpaired) electrons. The molecule has 0 aliphatic rings. The van der Waals surface area contributed by atoms with Crippen LogP contribution in [-0.2, 0) is 17.1 Å². The van der Waals surface area contributed by atoms with Gasteiger partial charge in [-0.25, -0.2) is 25.0 Å². The molecule has 4 aromatic heterocycles. The Morgan fingerprint density at radius 2 is 1.22 bits per heavy atom. The van der Waals surface area contributed by atoms with E-state index in [0.717, 1.165) is 0 Å². The van der Waals surface area contributed by atoms with Crippen LogP contribution in [0.15, 0.2) is 36.9 Å². The fraction of sp³-hybridized carbons (Fsp3) is 0. The third kappa shape index (κ3) is 8.05. The molecule has 17 heteroatoms. The zero-order valence-corrected chi connectivity index (χ0v) is 14.5. The molecule has 4 rings (SSSR count). The van der Waals surface area contributed by atoms with E-state index in [-0.39, 0.29) is 40.3 Å². The standard InChI is InChI=1S/2C5H3N6.Cu.2H3N.2H2O/c2*1-2-6-4(7-3-1)5-8-10-11-9-5;;;;;/h2*1-3H;;2*1H3;2*1H2/q2*-1;+2;;;;. The van der Waals surface area contributed by atoms with Crippen molar-refractivity contribution in [3.8, 4) is 23.3 Å². The Labute approximate surface area is 162 Å². The van der Waals surface area contributed by atoms with E-state index in [9.17, 15) is 0 Å². The van der Waals surface area contributed by atoms with Gasteiger partial charge in [0.15, 0.2) is 11.6 Å². The Balaban J connectivity index is -0.000000360. The second-order valence-corrected chi connectivity index (χ2v) is 3.55. The van der Waals surface area contributed by atoms with Crippen LogP contribution in [0.3, 0.4) is 0 Å². The fourth-order valence-electron chi connectivity index (χ4n) is 1.30. The van der Waals surface area contributed by atoms with E-state index in [0.29, 0.717) is 23.3 Å². The topological polar surface area (TPSA) is 290 Å². The molecule has 0 fully saturated rings. The van der Waals surface area contributed by atoms with Crippen LogP contribution in [-0.4, -0.2) is 61.8 Å². The van der Waals surface area contributed by atoms with Gasteiger partial charge in [-0.2, -0.15) is 5.21 Å². The third-order valence-electron chi connectivity index (χ3n) is 2.17. The van der Waals surface area contributed by atoms with Gasteiger partial charge in [0.05, 0.1) is 5.82 Å². The van der Waals surface area contributed by atoms with Crippen LogP contribution >= 0.6 is 0 Å². The molecule has 10 N–H and O–H groups in total. The maximum Gasteiger partial charge on any atom is 2.00 e. The van der Waals surface area contributed by atoms with Crippen molar-refractivity contribution in [3.05, 3.63) is 36.9 Å². The van der Waals surface area contributed by atoms with Gasteiger partial charge in [-0.1, -0.05) is 0 Å². The van der Waals surface area contributed by atoms with Crippen molar-refractivity contribution in [1.29, 1.82) is 0 Å². The summed E-state index contributed by atoms with van der Waals surface area (Å²) >= 11 is 0. The third-order valence-corrected chi connectivity index (χ3v) is 2.17. The summed E-state index contributed by atoms with van der Waals surface area (Å²) in [6, 6.07) is 3.43. The summed E-state index contributed by atoms with van der Waals surface area (Å²) in [4.78, 5) is 15.6. The predicted molar refractivity (Wildman–Crippen MR) is 85.6 cm³/mol. The van der Waals surface area contributed by atoms with Gasteiger partial charge in [0.1, 0.15) is 5.82 Å². The second-order valence-electron chi connectivity index (χ2n) is 3.55. The zero-order chi connectivity index (χ0) is 15.0. The Morgan fingerprint density at radius 1 is 0.667 bits per heavy atom. The molecule has 0 aromatic carbocycles. The number of aromatic nitrogens is 12. The largest absolute Gasteiger partial charge is 2.00 e. The van der Waals surface area contributed by atoms with Gasteiger partial charge in [-0.15, -0.1) is 0 Å². The minimum absolute atomic E-state index is 0. The Hall–Kier alpha value is -3.34. The molecule has 16 nitrogen and oxygen atoms in total. The average Bonchev–Trinajstić information content (AvgIpc) is 3.31. The average molecular weight is 428 g/mol. The number of hydrogen-bond donors (Lipinski definition) is 2. The van der Waals surface area contributed by atoms with Crippen LogP contribution in [0.5, 0.6) is 0 Å². The van der Waals surface area contributed by atoms with E-state index in [2.05, 4.69) is 61.2 Å². The van der Waals surface area contributed by atoms with Gasteiger partial charge < -0.3 is 33.5 Å². The molecule has 0 aliphatic heterocycles. The number of hydrogen-bond acceptors (Lipinski definition) is 12. The maximum atomic E-state index is 3.91. The Morgan fingerprint density at radius 3 is 1.67 bits per heavy atom. The van der Waals surface area contributed by atoms with E-state index in [1.165, 1.54) is 0 Å². The van der Waals surface area contributed by atoms with Crippen LogP contribution < -0.4 is 22.6 Å². The summed E-state index contributed by atoms with van der Waals surface area (Å²) in [5.41, 5.74) is 0. The molecule has 0 unspecified atom stereocenters. The van der Waals surface area contributed by atoms with Gasteiger partial charge in [0.25, 0.3) is 0 Å². The van der Waals surface area contributed by atoms with Crippen LogP contribution in [0.2, 0.25) is 0 Å². The minimum atomic E-state index is 0. The summed E-state index contributed by atoms with van der Waals surface area (Å²) in [6.07, 6.45) is 6.44. The molecule has 27 heavy (non-hydrogen) atoms. The van der Waals surface area contributed by atoms with E-state index in [4.69, 9.17) is 0 Å². The van der Waals surface area contributed by atoms with Crippen molar-refractivity contribution < 1.29 is 28.0 Å². The summed E-state index contributed by atoms with van der Waals surface area (Å²) in [5.74, 6) is 1.59. The van der Waals surface area contributed by atoms with E-state index >= 15 is 0 Å². The summed E-state index contributed by atoms with van der Waals surface area (Å²) < 4.78 is 0. The van der Waals surface area contributed by atoms with Crippen LogP contribution in [0.25, 0.3) is 23.3 Å². The maximum absolute atomic E-state index is 3.91.